The van der Waals surface area contributed by atoms with Crippen molar-refractivity contribution in [2.24, 2.45) is 4.99 Å². The van der Waals surface area contributed by atoms with Crippen molar-refractivity contribution in [2.45, 2.75) is 31.7 Å². The normalized spacial score (nSPS) is 18.0. The molecule has 2 heterocycles. The molecule has 0 aromatic carbocycles. The Morgan fingerprint density at radius 2 is 2.08 bits per heavy atom. The number of likely N-dealkylation sites (N-methyl/N-ethyl adjacent to an activating group) is 2. The first kappa shape index (κ1) is 19.2. The van der Waals surface area contributed by atoms with Crippen LogP contribution >= 0.6 is 11.3 Å². The summed E-state index contributed by atoms with van der Waals surface area (Å²) in [6.07, 6.45) is 3.15. The van der Waals surface area contributed by atoms with Gasteiger partial charge in [-0.2, -0.15) is 0 Å². The van der Waals surface area contributed by atoms with Crippen LogP contribution in [0.2, 0.25) is 0 Å². The fraction of sp³-hybridized carbons (Fsp3) is 0.722. The fourth-order valence-corrected chi connectivity index (χ4v) is 3.73. The van der Waals surface area contributed by atoms with Crippen LogP contribution in [0, 0.1) is 0 Å². The van der Waals surface area contributed by atoms with Gasteiger partial charge in [-0.3, -0.25) is 4.99 Å². The minimum Gasteiger partial charge on any atom is -0.381 e. The zero-order valence-corrected chi connectivity index (χ0v) is 16.4. The molecule has 2 rings (SSSR count). The first-order valence-electron chi connectivity index (χ1n) is 8.84. The fourth-order valence-electron chi connectivity index (χ4n) is 3.03. The lowest BCUT2D eigenvalue weighted by Crippen LogP contribution is -2.52. The van der Waals surface area contributed by atoms with E-state index in [4.69, 9.17) is 9.73 Å². The van der Waals surface area contributed by atoms with Gasteiger partial charge in [-0.25, -0.2) is 0 Å². The Bertz CT molecular complexity index is 495. The van der Waals surface area contributed by atoms with Gasteiger partial charge in [-0.15, -0.1) is 11.3 Å². The summed E-state index contributed by atoms with van der Waals surface area (Å²) in [7, 11) is 6.45. The number of hydrogen-bond acceptors (Lipinski definition) is 4. The molecule has 0 saturated carbocycles. The molecule has 1 aliphatic heterocycles. The number of aliphatic imine (C=N–C) groups is 1. The second-order valence-electron chi connectivity index (χ2n) is 6.65. The van der Waals surface area contributed by atoms with Crippen molar-refractivity contribution in [1.29, 1.82) is 0 Å². The van der Waals surface area contributed by atoms with E-state index in [0.29, 0.717) is 0 Å². The molecule has 1 N–H and O–H groups in total. The summed E-state index contributed by atoms with van der Waals surface area (Å²) < 4.78 is 5.56. The molecule has 1 saturated heterocycles. The standard InChI is InChI=1S/C18H32N4OS/c1-5-19-17(22(4)11-8-16-7-6-14-24-16)20-15-18(21(2)3)9-12-23-13-10-18/h6-7,14H,5,8-13,15H2,1-4H3,(H,19,20). The molecule has 1 aliphatic rings. The van der Waals surface area contributed by atoms with Gasteiger partial charge >= 0.3 is 0 Å². The van der Waals surface area contributed by atoms with Crippen LogP contribution in [-0.2, 0) is 11.2 Å². The number of thiophene rings is 1. The van der Waals surface area contributed by atoms with Crippen LogP contribution in [0.1, 0.15) is 24.6 Å². The lowest BCUT2D eigenvalue weighted by Gasteiger charge is -2.42. The van der Waals surface area contributed by atoms with Gasteiger partial charge in [0.25, 0.3) is 0 Å². The van der Waals surface area contributed by atoms with Crippen molar-refractivity contribution < 1.29 is 4.74 Å². The Morgan fingerprint density at radius 3 is 2.67 bits per heavy atom. The molecule has 0 radical (unpaired) electrons. The minimum absolute atomic E-state index is 0.119. The van der Waals surface area contributed by atoms with Gasteiger partial charge in [-0.1, -0.05) is 6.07 Å². The average Bonchev–Trinajstić information content (AvgIpc) is 3.10. The Kier molecular flexibility index (Phi) is 7.52. The molecule has 5 nitrogen and oxygen atoms in total. The maximum atomic E-state index is 5.56. The van der Waals surface area contributed by atoms with E-state index in [1.54, 1.807) is 0 Å². The van der Waals surface area contributed by atoms with Crippen LogP contribution in [0.15, 0.2) is 22.5 Å². The van der Waals surface area contributed by atoms with E-state index in [0.717, 1.165) is 58.1 Å². The van der Waals surface area contributed by atoms with E-state index in [2.05, 4.69) is 60.7 Å². The molecule has 1 aromatic heterocycles. The molecule has 0 aliphatic carbocycles. The third kappa shape index (κ3) is 5.19. The van der Waals surface area contributed by atoms with Crippen LogP contribution < -0.4 is 5.32 Å². The zero-order valence-electron chi connectivity index (χ0n) is 15.5. The monoisotopic (exact) mass is 352 g/mol. The van der Waals surface area contributed by atoms with E-state index in [-0.39, 0.29) is 5.54 Å². The minimum atomic E-state index is 0.119. The third-order valence-corrected chi connectivity index (χ3v) is 5.80. The lowest BCUT2D eigenvalue weighted by atomic mass is 9.89. The highest BCUT2D eigenvalue weighted by molar-refractivity contribution is 7.09. The maximum absolute atomic E-state index is 5.56. The summed E-state index contributed by atoms with van der Waals surface area (Å²) in [6.45, 7) is 6.47. The van der Waals surface area contributed by atoms with Gasteiger partial charge in [0.15, 0.2) is 5.96 Å². The number of nitrogens with zero attached hydrogens (tertiary/aromatic N) is 3. The van der Waals surface area contributed by atoms with Crippen molar-refractivity contribution in [3.8, 4) is 0 Å². The van der Waals surface area contributed by atoms with Gasteiger partial charge in [0.2, 0.25) is 0 Å². The van der Waals surface area contributed by atoms with Crippen LogP contribution in [-0.4, -0.2) is 75.3 Å². The number of hydrogen-bond donors (Lipinski definition) is 1. The first-order chi connectivity index (χ1) is 11.6. The molecule has 0 spiro atoms. The topological polar surface area (TPSA) is 40.1 Å². The highest BCUT2D eigenvalue weighted by Gasteiger charge is 2.34. The molecule has 136 valence electrons. The maximum Gasteiger partial charge on any atom is 0.193 e. The Morgan fingerprint density at radius 1 is 1.33 bits per heavy atom. The van der Waals surface area contributed by atoms with Gasteiger partial charge in [0, 0.05) is 43.8 Å². The van der Waals surface area contributed by atoms with Crippen LogP contribution in [0.5, 0.6) is 0 Å². The first-order valence-corrected chi connectivity index (χ1v) is 9.72. The van der Waals surface area contributed by atoms with Crippen LogP contribution in [0.3, 0.4) is 0 Å². The van der Waals surface area contributed by atoms with Crippen molar-refractivity contribution in [1.82, 2.24) is 15.1 Å². The summed E-state index contributed by atoms with van der Waals surface area (Å²) in [5, 5.41) is 5.58. The van der Waals surface area contributed by atoms with E-state index >= 15 is 0 Å². The molecule has 1 fully saturated rings. The van der Waals surface area contributed by atoms with Gasteiger partial charge in [0.05, 0.1) is 6.54 Å². The van der Waals surface area contributed by atoms with Crippen molar-refractivity contribution >= 4 is 17.3 Å². The molecule has 0 amide bonds. The smallest absolute Gasteiger partial charge is 0.193 e. The summed E-state index contributed by atoms with van der Waals surface area (Å²) in [4.78, 5) is 11.0. The quantitative estimate of drug-likeness (QED) is 0.604. The zero-order chi connectivity index (χ0) is 17.4. The van der Waals surface area contributed by atoms with Crippen LogP contribution in [0.4, 0.5) is 0 Å². The second kappa shape index (κ2) is 9.39. The largest absolute Gasteiger partial charge is 0.381 e. The van der Waals surface area contributed by atoms with E-state index < -0.39 is 0 Å². The molecular weight excluding hydrogens is 320 g/mol. The van der Waals surface area contributed by atoms with Crippen molar-refractivity contribution in [3.05, 3.63) is 22.4 Å². The highest BCUT2D eigenvalue weighted by atomic mass is 32.1. The van der Waals surface area contributed by atoms with Gasteiger partial charge in [0.1, 0.15) is 0 Å². The molecule has 6 heteroatoms. The Labute approximate surface area is 150 Å². The van der Waals surface area contributed by atoms with Crippen LogP contribution in [0.25, 0.3) is 0 Å². The average molecular weight is 353 g/mol. The number of ether oxygens (including phenoxy) is 1. The lowest BCUT2D eigenvalue weighted by molar-refractivity contribution is -0.00262. The summed E-state index contributed by atoms with van der Waals surface area (Å²) in [6, 6.07) is 4.32. The molecular formula is C18H32N4OS. The Hall–Kier alpha value is -1.11. The van der Waals surface area contributed by atoms with Crippen molar-refractivity contribution in [2.75, 3.05) is 54.0 Å². The SMILES string of the molecule is CCNC(=NCC1(N(C)C)CCOCC1)N(C)CCc1cccs1. The van der Waals surface area contributed by atoms with E-state index in [1.807, 2.05) is 11.3 Å². The third-order valence-electron chi connectivity index (χ3n) is 4.87. The Balaban J connectivity index is 2.00. The number of nitrogens with one attached hydrogen (secondary N) is 1. The predicted molar refractivity (Wildman–Crippen MR) is 103 cm³/mol. The van der Waals surface area contributed by atoms with Gasteiger partial charge in [-0.05, 0) is 51.7 Å². The van der Waals surface area contributed by atoms with Crippen molar-refractivity contribution in [3.63, 3.8) is 0 Å². The van der Waals surface area contributed by atoms with E-state index in [9.17, 15) is 0 Å². The number of rotatable bonds is 7. The molecule has 0 atom stereocenters. The predicted octanol–water partition coefficient (Wildman–Crippen LogP) is 2.30. The van der Waals surface area contributed by atoms with E-state index in [1.165, 1.54) is 4.88 Å². The van der Waals surface area contributed by atoms with Gasteiger partial charge < -0.3 is 19.9 Å². The summed E-state index contributed by atoms with van der Waals surface area (Å²) >= 11 is 1.82. The summed E-state index contributed by atoms with van der Waals surface area (Å²) in [5.41, 5.74) is 0.119. The summed E-state index contributed by atoms with van der Waals surface area (Å²) in [5.74, 6) is 1.00. The number of guanidine groups is 1. The molecule has 0 unspecified atom stereocenters. The molecule has 0 bridgehead atoms. The molecule has 24 heavy (non-hydrogen) atoms. The highest BCUT2D eigenvalue weighted by Crippen LogP contribution is 2.26. The molecule has 1 aromatic rings. The second-order valence-corrected chi connectivity index (χ2v) is 7.68.